The fraction of sp³-hybridized carbons (Fsp3) is 0.462. The summed E-state index contributed by atoms with van der Waals surface area (Å²) in [6.45, 7) is 4.66. The molecule has 2 rings (SSSR count). The zero-order valence-corrected chi connectivity index (χ0v) is 12.5. The minimum Gasteiger partial charge on any atom is -0.493 e. The Balaban J connectivity index is 2.48. The second kappa shape index (κ2) is 4.80. The summed E-state index contributed by atoms with van der Waals surface area (Å²) in [4.78, 5) is 4.55. The van der Waals surface area contributed by atoms with Crippen LogP contribution in [0, 0.1) is 0 Å². The lowest BCUT2D eigenvalue weighted by atomic mass is 10.1. The SMILES string of the molecule is COc1ccc(C2=NC(C)(C)CO2)c(Br)c1OC. The van der Waals surface area contributed by atoms with Crippen molar-refractivity contribution < 1.29 is 14.2 Å². The zero-order chi connectivity index (χ0) is 13.3. The number of aliphatic imine (C=N–C) groups is 1. The summed E-state index contributed by atoms with van der Waals surface area (Å²) in [6.07, 6.45) is 0. The summed E-state index contributed by atoms with van der Waals surface area (Å²) < 4.78 is 17.0. The van der Waals surface area contributed by atoms with Crippen molar-refractivity contribution in [2.24, 2.45) is 4.99 Å². The van der Waals surface area contributed by atoms with Crippen molar-refractivity contribution in [3.8, 4) is 11.5 Å². The molecule has 1 heterocycles. The summed E-state index contributed by atoms with van der Waals surface area (Å²) in [5.41, 5.74) is 0.695. The highest BCUT2D eigenvalue weighted by molar-refractivity contribution is 9.10. The van der Waals surface area contributed by atoms with Gasteiger partial charge in [-0.25, -0.2) is 4.99 Å². The molecular weight excluding hydrogens is 298 g/mol. The van der Waals surface area contributed by atoms with Crippen LogP contribution < -0.4 is 9.47 Å². The Morgan fingerprint density at radius 2 is 2.00 bits per heavy atom. The van der Waals surface area contributed by atoms with Gasteiger partial charge in [0, 0.05) is 0 Å². The van der Waals surface area contributed by atoms with Gasteiger partial charge < -0.3 is 14.2 Å². The molecule has 0 radical (unpaired) electrons. The van der Waals surface area contributed by atoms with Gasteiger partial charge in [0.25, 0.3) is 0 Å². The predicted octanol–water partition coefficient (Wildman–Crippen LogP) is 3.02. The molecule has 0 fully saturated rings. The van der Waals surface area contributed by atoms with Crippen molar-refractivity contribution in [2.45, 2.75) is 19.4 Å². The van der Waals surface area contributed by atoms with E-state index in [4.69, 9.17) is 14.2 Å². The number of methoxy groups -OCH3 is 2. The first-order valence-corrected chi connectivity index (χ1v) is 6.41. The third kappa shape index (κ3) is 2.32. The topological polar surface area (TPSA) is 40.0 Å². The molecule has 1 aromatic carbocycles. The molecule has 0 aromatic heterocycles. The fourth-order valence-electron chi connectivity index (χ4n) is 1.78. The molecule has 4 nitrogen and oxygen atoms in total. The van der Waals surface area contributed by atoms with Crippen LogP contribution >= 0.6 is 15.9 Å². The van der Waals surface area contributed by atoms with Crippen molar-refractivity contribution in [3.63, 3.8) is 0 Å². The average molecular weight is 314 g/mol. The normalized spacial score (nSPS) is 17.1. The standard InChI is InChI=1S/C13H16BrNO3/c1-13(2)7-18-12(15-13)8-5-6-9(16-3)11(17-4)10(8)14/h5-6H,7H2,1-4H3. The maximum atomic E-state index is 5.63. The Morgan fingerprint density at radius 1 is 1.28 bits per heavy atom. The molecule has 1 aliphatic heterocycles. The molecule has 0 unspecified atom stereocenters. The molecule has 1 aliphatic rings. The van der Waals surface area contributed by atoms with Crippen molar-refractivity contribution in [3.05, 3.63) is 22.2 Å². The van der Waals surface area contributed by atoms with Crippen LogP contribution in [-0.4, -0.2) is 32.3 Å². The number of ether oxygens (including phenoxy) is 3. The highest BCUT2D eigenvalue weighted by atomic mass is 79.9. The van der Waals surface area contributed by atoms with E-state index in [1.165, 1.54) is 0 Å². The van der Waals surface area contributed by atoms with E-state index < -0.39 is 0 Å². The monoisotopic (exact) mass is 313 g/mol. The third-order valence-electron chi connectivity index (χ3n) is 2.68. The second-order valence-corrected chi connectivity index (χ2v) is 5.47. The Kier molecular flexibility index (Phi) is 3.52. The predicted molar refractivity (Wildman–Crippen MR) is 73.8 cm³/mol. The summed E-state index contributed by atoms with van der Waals surface area (Å²) in [5.74, 6) is 1.95. The Morgan fingerprint density at radius 3 is 2.50 bits per heavy atom. The van der Waals surface area contributed by atoms with Crippen LogP contribution in [0.1, 0.15) is 19.4 Å². The van der Waals surface area contributed by atoms with Gasteiger partial charge in [-0.15, -0.1) is 0 Å². The van der Waals surface area contributed by atoms with E-state index in [0.29, 0.717) is 24.0 Å². The number of rotatable bonds is 3. The smallest absolute Gasteiger partial charge is 0.218 e. The molecule has 0 N–H and O–H groups in total. The van der Waals surface area contributed by atoms with Crippen LogP contribution in [0.3, 0.4) is 0 Å². The number of nitrogens with zero attached hydrogens (tertiary/aromatic N) is 1. The molecule has 0 aliphatic carbocycles. The number of halogens is 1. The van der Waals surface area contributed by atoms with Gasteiger partial charge in [-0.2, -0.15) is 0 Å². The second-order valence-electron chi connectivity index (χ2n) is 4.68. The van der Waals surface area contributed by atoms with Gasteiger partial charge in [-0.1, -0.05) is 0 Å². The highest BCUT2D eigenvalue weighted by Crippen LogP contribution is 2.38. The molecule has 0 bridgehead atoms. The van der Waals surface area contributed by atoms with Gasteiger partial charge in [0.2, 0.25) is 5.90 Å². The first-order chi connectivity index (χ1) is 8.48. The van der Waals surface area contributed by atoms with Crippen LogP contribution in [0.15, 0.2) is 21.6 Å². The Bertz CT molecular complexity index is 497. The van der Waals surface area contributed by atoms with Crippen molar-refractivity contribution in [2.75, 3.05) is 20.8 Å². The van der Waals surface area contributed by atoms with Crippen molar-refractivity contribution >= 4 is 21.8 Å². The minimum absolute atomic E-state index is 0.179. The van der Waals surface area contributed by atoms with Crippen molar-refractivity contribution in [1.82, 2.24) is 0 Å². The number of hydrogen-bond acceptors (Lipinski definition) is 4. The molecule has 18 heavy (non-hydrogen) atoms. The summed E-state index contributed by atoms with van der Waals surface area (Å²) >= 11 is 3.51. The van der Waals surface area contributed by atoms with Crippen LogP contribution in [0.4, 0.5) is 0 Å². The molecule has 0 amide bonds. The van der Waals surface area contributed by atoms with E-state index in [1.807, 2.05) is 26.0 Å². The molecule has 0 saturated carbocycles. The summed E-state index contributed by atoms with van der Waals surface area (Å²) in [7, 11) is 3.21. The van der Waals surface area contributed by atoms with Gasteiger partial charge in [0.05, 0.1) is 29.8 Å². The first kappa shape index (κ1) is 13.2. The van der Waals surface area contributed by atoms with E-state index in [0.717, 1.165) is 10.0 Å². The number of hydrogen-bond donors (Lipinski definition) is 0. The van der Waals surface area contributed by atoms with Crippen molar-refractivity contribution in [1.29, 1.82) is 0 Å². The molecule has 98 valence electrons. The van der Waals surface area contributed by atoms with E-state index in [2.05, 4.69) is 20.9 Å². The molecule has 0 atom stereocenters. The highest BCUT2D eigenvalue weighted by Gasteiger charge is 2.29. The van der Waals surface area contributed by atoms with E-state index in [9.17, 15) is 0 Å². The van der Waals surface area contributed by atoms with E-state index in [1.54, 1.807) is 14.2 Å². The van der Waals surface area contributed by atoms with Gasteiger partial charge in [0.15, 0.2) is 11.5 Å². The van der Waals surface area contributed by atoms with Gasteiger partial charge in [0.1, 0.15) is 6.61 Å². The van der Waals surface area contributed by atoms with Gasteiger partial charge in [-0.3, -0.25) is 0 Å². The van der Waals surface area contributed by atoms with Gasteiger partial charge in [-0.05, 0) is 41.9 Å². The molecule has 5 heteroatoms. The lowest BCUT2D eigenvalue weighted by molar-refractivity contribution is 0.279. The fourth-order valence-corrected chi connectivity index (χ4v) is 2.44. The van der Waals surface area contributed by atoms with Crippen LogP contribution in [0.25, 0.3) is 0 Å². The summed E-state index contributed by atoms with van der Waals surface area (Å²) in [6, 6.07) is 3.75. The average Bonchev–Trinajstić information content (AvgIpc) is 2.68. The quantitative estimate of drug-likeness (QED) is 0.861. The van der Waals surface area contributed by atoms with Crippen LogP contribution in [0.2, 0.25) is 0 Å². The minimum atomic E-state index is -0.179. The molecule has 0 saturated heterocycles. The zero-order valence-electron chi connectivity index (χ0n) is 10.9. The lowest BCUT2D eigenvalue weighted by Gasteiger charge is -2.12. The van der Waals surface area contributed by atoms with Crippen LogP contribution in [-0.2, 0) is 4.74 Å². The summed E-state index contributed by atoms with van der Waals surface area (Å²) in [5, 5.41) is 0. The van der Waals surface area contributed by atoms with E-state index in [-0.39, 0.29) is 5.54 Å². The largest absolute Gasteiger partial charge is 0.493 e. The van der Waals surface area contributed by atoms with Gasteiger partial charge >= 0.3 is 0 Å². The maximum absolute atomic E-state index is 5.63. The first-order valence-electron chi connectivity index (χ1n) is 5.62. The molecule has 1 aromatic rings. The van der Waals surface area contributed by atoms with Crippen LogP contribution in [0.5, 0.6) is 11.5 Å². The maximum Gasteiger partial charge on any atom is 0.218 e. The Labute approximate surface area is 115 Å². The molecule has 0 spiro atoms. The Hall–Kier alpha value is -1.23. The number of benzene rings is 1. The third-order valence-corrected chi connectivity index (χ3v) is 3.47. The molecular formula is C13H16BrNO3. The lowest BCUT2D eigenvalue weighted by Crippen LogP contribution is -2.17. The van der Waals surface area contributed by atoms with E-state index >= 15 is 0 Å².